The fraction of sp³-hybridized carbons (Fsp3) is 0.846. The van der Waals surface area contributed by atoms with Crippen LogP contribution in [0.1, 0.15) is 49.7 Å². The Kier molecular flexibility index (Phi) is 3.10. The van der Waals surface area contributed by atoms with Gasteiger partial charge in [-0.1, -0.05) is 5.16 Å². The van der Waals surface area contributed by atoms with Gasteiger partial charge in [0.2, 0.25) is 5.89 Å². The summed E-state index contributed by atoms with van der Waals surface area (Å²) in [5.41, 5.74) is 0.509. The van der Waals surface area contributed by atoms with Gasteiger partial charge in [0.05, 0.1) is 0 Å². The van der Waals surface area contributed by atoms with Gasteiger partial charge >= 0.3 is 0 Å². The molecule has 0 bridgehead atoms. The van der Waals surface area contributed by atoms with Crippen LogP contribution in [0.25, 0.3) is 0 Å². The first-order valence-corrected chi connectivity index (χ1v) is 6.89. The fourth-order valence-electron chi connectivity index (χ4n) is 3.25. The molecule has 1 unspecified atom stereocenters. The molecule has 100 valence electrons. The number of aromatic nitrogens is 2. The first-order chi connectivity index (χ1) is 8.36. The van der Waals surface area contributed by atoms with Gasteiger partial charge in [0.15, 0.2) is 5.82 Å². The highest BCUT2D eigenvalue weighted by molar-refractivity contribution is 5.85. The van der Waals surface area contributed by atoms with Gasteiger partial charge < -0.3 is 9.84 Å². The highest BCUT2D eigenvalue weighted by Crippen LogP contribution is 2.63. The van der Waals surface area contributed by atoms with Gasteiger partial charge in [0.1, 0.15) is 0 Å². The fourth-order valence-corrected chi connectivity index (χ4v) is 3.25. The zero-order valence-electron chi connectivity index (χ0n) is 10.5. The summed E-state index contributed by atoms with van der Waals surface area (Å²) in [6, 6.07) is 0. The molecular weight excluding hydrogens is 250 g/mol. The second kappa shape index (κ2) is 4.49. The van der Waals surface area contributed by atoms with Gasteiger partial charge in [-0.3, -0.25) is 0 Å². The minimum atomic E-state index is 0. The maximum Gasteiger partial charge on any atom is 0.230 e. The Morgan fingerprint density at radius 3 is 2.78 bits per heavy atom. The van der Waals surface area contributed by atoms with E-state index in [1.54, 1.807) is 0 Å². The summed E-state index contributed by atoms with van der Waals surface area (Å²) < 4.78 is 5.46. The van der Waals surface area contributed by atoms with E-state index in [2.05, 4.69) is 15.5 Å². The minimum Gasteiger partial charge on any atom is -0.339 e. The van der Waals surface area contributed by atoms with E-state index in [-0.39, 0.29) is 12.4 Å². The molecule has 1 aromatic heterocycles. The van der Waals surface area contributed by atoms with E-state index in [9.17, 15) is 0 Å². The molecule has 0 radical (unpaired) electrons. The Balaban J connectivity index is 0.000001000. The van der Waals surface area contributed by atoms with Crippen molar-refractivity contribution in [2.24, 2.45) is 11.3 Å². The standard InChI is InChI=1S/C13H19N3O.ClH/c1-2-9(1)7-11-15-12(17-16-11)10-8-13(10)3-5-14-6-4-13;/h9-10,14H,1-8H2;1H. The van der Waals surface area contributed by atoms with Crippen LogP contribution >= 0.6 is 12.4 Å². The molecule has 1 saturated heterocycles. The largest absolute Gasteiger partial charge is 0.339 e. The zero-order valence-corrected chi connectivity index (χ0v) is 11.3. The van der Waals surface area contributed by atoms with Crippen molar-refractivity contribution in [1.29, 1.82) is 0 Å². The van der Waals surface area contributed by atoms with E-state index >= 15 is 0 Å². The molecule has 4 nitrogen and oxygen atoms in total. The lowest BCUT2D eigenvalue weighted by molar-refractivity contribution is 0.310. The van der Waals surface area contributed by atoms with Gasteiger partial charge in [-0.05, 0) is 56.5 Å². The highest BCUT2D eigenvalue weighted by atomic mass is 35.5. The van der Waals surface area contributed by atoms with Gasteiger partial charge in [0, 0.05) is 12.3 Å². The van der Waals surface area contributed by atoms with Crippen molar-refractivity contribution in [1.82, 2.24) is 15.5 Å². The molecule has 0 amide bonds. The van der Waals surface area contributed by atoms with E-state index in [1.165, 1.54) is 32.1 Å². The number of piperidine rings is 1. The third-order valence-corrected chi connectivity index (χ3v) is 4.74. The van der Waals surface area contributed by atoms with Crippen molar-refractivity contribution < 1.29 is 4.52 Å². The van der Waals surface area contributed by atoms with E-state index in [0.29, 0.717) is 11.3 Å². The molecule has 1 aromatic rings. The van der Waals surface area contributed by atoms with Crippen LogP contribution in [0.4, 0.5) is 0 Å². The molecule has 2 saturated carbocycles. The molecule has 2 aliphatic carbocycles. The van der Waals surface area contributed by atoms with Crippen LogP contribution in [0.5, 0.6) is 0 Å². The molecule has 2 heterocycles. The molecule has 18 heavy (non-hydrogen) atoms. The molecular formula is C13H20ClN3O. The Morgan fingerprint density at radius 1 is 1.28 bits per heavy atom. The first-order valence-electron chi connectivity index (χ1n) is 6.89. The zero-order chi connectivity index (χ0) is 11.3. The predicted octanol–water partition coefficient (Wildman–Crippen LogP) is 2.30. The number of nitrogens with one attached hydrogen (secondary N) is 1. The lowest BCUT2D eigenvalue weighted by atomic mass is 9.92. The lowest BCUT2D eigenvalue weighted by Crippen LogP contribution is -2.29. The second-order valence-electron chi connectivity index (χ2n) is 6.07. The monoisotopic (exact) mass is 269 g/mol. The van der Waals surface area contributed by atoms with Gasteiger partial charge in [-0.25, -0.2) is 0 Å². The third kappa shape index (κ3) is 2.16. The maximum atomic E-state index is 5.46. The van der Waals surface area contributed by atoms with Crippen LogP contribution in [0.3, 0.4) is 0 Å². The smallest absolute Gasteiger partial charge is 0.230 e. The van der Waals surface area contributed by atoms with Crippen LogP contribution in [0.15, 0.2) is 4.52 Å². The number of rotatable bonds is 3. The summed E-state index contributed by atoms with van der Waals surface area (Å²) in [4.78, 5) is 4.60. The van der Waals surface area contributed by atoms with Crippen LogP contribution in [0, 0.1) is 11.3 Å². The molecule has 5 heteroatoms. The highest BCUT2D eigenvalue weighted by Gasteiger charge is 2.57. The van der Waals surface area contributed by atoms with Crippen molar-refractivity contribution in [2.45, 2.75) is 44.4 Å². The molecule has 3 aliphatic rings. The van der Waals surface area contributed by atoms with Gasteiger partial charge in [-0.2, -0.15) is 4.98 Å². The normalized spacial score (nSPS) is 29.0. The Bertz CT molecular complexity index is 424. The van der Waals surface area contributed by atoms with Crippen molar-refractivity contribution in [3.05, 3.63) is 11.7 Å². The molecule has 0 aromatic carbocycles. The molecule has 1 spiro atoms. The number of hydrogen-bond acceptors (Lipinski definition) is 4. The van der Waals surface area contributed by atoms with Gasteiger partial charge in [-0.15, -0.1) is 12.4 Å². The molecule has 1 N–H and O–H groups in total. The molecule has 4 rings (SSSR count). The Morgan fingerprint density at radius 2 is 2.06 bits per heavy atom. The Labute approximate surface area is 113 Å². The van der Waals surface area contributed by atoms with Crippen LogP contribution in [0.2, 0.25) is 0 Å². The van der Waals surface area contributed by atoms with E-state index in [1.807, 2.05) is 0 Å². The molecule has 3 fully saturated rings. The number of nitrogens with zero attached hydrogens (tertiary/aromatic N) is 2. The van der Waals surface area contributed by atoms with Crippen molar-refractivity contribution in [3.63, 3.8) is 0 Å². The van der Waals surface area contributed by atoms with Gasteiger partial charge in [0.25, 0.3) is 0 Å². The number of hydrogen-bond donors (Lipinski definition) is 1. The first kappa shape index (κ1) is 12.4. The van der Waals surface area contributed by atoms with E-state index in [0.717, 1.165) is 37.1 Å². The summed E-state index contributed by atoms with van der Waals surface area (Å²) >= 11 is 0. The second-order valence-corrected chi connectivity index (χ2v) is 6.07. The quantitative estimate of drug-likeness (QED) is 0.915. The molecule has 1 atom stereocenters. The SMILES string of the molecule is C1CC2(CCN1)CC2c1nc(CC2CC2)no1.Cl. The Hall–Kier alpha value is -0.610. The summed E-state index contributed by atoms with van der Waals surface area (Å²) in [5, 5.41) is 7.56. The maximum absolute atomic E-state index is 5.46. The average molecular weight is 270 g/mol. The third-order valence-electron chi connectivity index (χ3n) is 4.74. The predicted molar refractivity (Wildman–Crippen MR) is 69.9 cm³/mol. The summed E-state index contributed by atoms with van der Waals surface area (Å²) in [5.74, 6) is 3.26. The topological polar surface area (TPSA) is 51.0 Å². The summed E-state index contributed by atoms with van der Waals surface area (Å²) in [6.45, 7) is 2.30. The van der Waals surface area contributed by atoms with Crippen LogP contribution in [-0.2, 0) is 6.42 Å². The summed E-state index contributed by atoms with van der Waals surface area (Å²) in [7, 11) is 0. The van der Waals surface area contributed by atoms with E-state index in [4.69, 9.17) is 4.52 Å². The number of halogens is 1. The van der Waals surface area contributed by atoms with Crippen LogP contribution < -0.4 is 5.32 Å². The van der Waals surface area contributed by atoms with E-state index < -0.39 is 0 Å². The molecule has 1 aliphatic heterocycles. The lowest BCUT2D eigenvalue weighted by Gasteiger charge is -2.22. The van der Waals surface area contributed by atoms with Crippen molar-refractivity contribution in [3.8, 4) is 0 Å². The van der Waals surface area contributed by atoms with Crippen LogP contribution in [-0.4, -0.2) is 23.2 Å². The summed E-state index contributed by atoms with van der Waals surface area (Å²) in [6.07, 6.45) is 7.55. The average Bonchev–Trinajstić information content (AvgIpc) is 3.22. The van der Waals surface area contributed by atoms with Crippen molar-refractivity contribution >= 4 is 12.4 Å². The van der Waals surface area contributed by atoms with Crippen molar-refractivity contribution in [2.75, 3.05) is 13.1 Å². The minimum absolute atomic E-state index is 0.